The van der Waals surface area contributed by atoms with Gasteiger partial charge >= 0.3 is 5.97 Å². The number of hydrogen-bond donors (Lipinski definition) is 2. The lowest BCUT2D eigenvalue weighted by molar-refractivity contribution is -0.145. The molecule has 11 heavy (non-hydrogen) atoms. The molecule has 0 aromatic rings. The van der Waals surface area contributed by atoms with E-state index in [4.69, 9.17) is 10.2 Å². The number of rotatable bonds is 3. The van der Waals surface area contributed by atoms with Gasteiger partial charge in [0.1, 0.15) is 0 Å². The third-order valence-corrected chi connectivity index (χ3v) is 2.31. The van der Waals surface area contributed by atoms with Gasteiger partial charge in [-0.2, -0.15) is 11.8 Å². The summed E-state index contributed by atoms with van der Waals surface area (Å²) < 4.78 is 0.0103. The van der Waals surface area contributed by atoms with Crippen LogP contribution in [0, 0.1) is 0 Å². The van der Waals surface area contributed by atoms with E-state index in [-0.39, 0.29) is 10.5 Å². The smallest absolute Gasteiger partial charge is 0.333 e. The first-order chi connectivity index (χ1) is 4.83. The standard InChI is InChI=1S/C7H14O3S/c1-7(2,3)11-4-5(8)6(9)10/h5,8H,4H2,1-3H3,(H,9,10). The predicted octanol–water partition coefficient (Wildman–Crippen LogP) is 0.964. The van der Waals surface area contributed by atoms with E-state index < -0.39 is 12.1 Å². The highest BCUT2D eigenvalue weighted by atomic mass is 32.2. The summed E-state index contributed by atoms with van der Waals surface area (Å²) in [5.74, 6) is -0.902. The highest BCUT2D eigenvalue weighted by Crippen LogP contribution is 2.23. The van der Waals surface area contributed by atoms with Gasteiger partial charge in [-0.15, -0.1) is 0 Å². The average Bonchev–Trinajstić information content (AvgIpc) is 1.80. The molecule has 0 bridgehead atoms. The van der Waals surface area contributed by atoms with Crippen LogP contribution in [0.4, 0.5) is 0 Å². The predicted molar refractivity (Wildman–Crippen MR) is 45.9 cm³/mol. The van der Waals surface area contributed by atoms with Crippen molar-refractivity contribution in [3.63, 3.8) is 0 Å². The fourth-order valence-corrected chi connectivity index (χ4v) is 1.20. The zero-order valence-electron chi connectivity index (χ0n) is 7.00. The summed E-state index contributed by atoms with van der Waals surface area (Å²) in [6.07, 6.45) is -1.24. The minimum absolute atomic E-state index is 0.0103. The number of thioether (sulfide) groups is 1. The van der Waals surface area contributed by atoms with Crippen molar-refractivity contribution < 1.29 is 15.0 Å². The first kappa shape index (κ1) is 10.8. The Labute approximate surface area is 70.8 Å². The monoisotopic (exact) mass is 178 g/mol. The summed E-state index contributed by atoms with van der Waals surface area (Å²) in [6.45, 7) is 5.94. The lowest BCUT2D eigenvalue weighted by atomic mass is 10.3. The molecule has 0 saturated carbocycles. The fourth-order valence-electron chi connectivity index (χ4n) is 0.400. The number of aliphatic hydroxyl groups excluding tert-OH is 1. The third kappa shape index (κ3) is 6.19. The lowest BCUT2D eigenvalue weighted by Gasteiger charge is -2.18. The molecular formula is C7H14O3S. The van der Waals surface area contributed by atoms with E-state index in [9.17, 15) is 4.79 Å². The average molecular weight is 178 g/mol. The molecule has 1 unspecified atom stereocenters. The van der Waals surface area contributed by atoms with Gasteiger partial charge in [0.2, 0.25) is 0 Å². The second-order valence-electron chi connectivity index (χ2n) is 3.28. The summed E-state index contributed by atoms with van der Waals surface area (Å²) in [4.78, 5) is 10.2. The van der Waals surface area contributed by atoms with Crippen molar-refractivity contribution in [3.05, 3.63) is 0 Å². The van der Waals surface area contributed by atoms with Crippen LogP contribution in [0.15, 0.2) is 0 Å². The fraction of sp³-hybridized carbons (Fsp3) is 0.857. The van der Waals surface area contributed by atoms with Crippen LogP contribution in [0.25, 0.3) is 0 Å². The van der Waals surface area contributed by atoms with Gasteiger partial charge in [0, 0.05) is 10.5 Å². The number of hydrogen-bond acceptors (Lipinski definition) is 3. The maximum Gasteiger partial charge on any atom is 0.333 e. The molecular weight excluding hydrogens is 164 g/mol. The molecule has 0 aliphatic heterocycles. The zero-order chi connectivity index (χ0) is 9.07. The van der Waals surface area contributed by atoms with Crippen molar-refractivity contribution >= 4 is 17.7 Å². The maximum absolute atomic E-state index is 10.2. The van der Waals surface area contributed by atoms with E-state index in [1.165, 1.54) is 11.8 Å². The molecule has 0 amide bonds. The Morgan fingerprint density at radius 2 is 2.00 bits per heavy atom. The van der Waals surface area contributed by atoms with Crippen LogP contribution in [0.1, 0.15) is 20.8 Å². The molecule has 0 heterocycles. The van der Waals surface area contributed by atoms with Crippen LogP contribution < -0.4 is 0 Å². The summed E-state index contributed by atoms with van der Waals surface area (Å²) in [5, 5.41) is 17.2. The minimum atomic E-state index is -1.24. The summed E-state index contributed by atoms with van der Waals surface area (Å²) in [5.41, 5.74) is 0. The molecule has 0 rings (SSSR count). The molecule has 0 fully saturated rings. The molecule has 66 valence electrons. The normalized spacial score (nSPS) is 14.5. The molecule has 0 saturated heterocycles. The maximum atomic E-state index is 10.2. The van der Waals surface area contributed by atoms with Crippen molar-refractivity contribution in [1.29, 1.82) is 0 Å². The van der Waals surface area contributed by atoms with Gasteiger partial charge in [0.05, 0.1) is 0 Å². The van der Waals surface area contributed by atoms with Crippen molar-refractivity contribution in [2.24, 2.45) is 0 Å². The molecule has 0 spiro atoms. The van der Waals surface area contributed by atoms with Crippen molar-refractivity contribution in [2.45, 2.75) is 31.6 Å². The highest BCUT2D eigenvalue weighted by Gasteiger charge is 2.18. The van der Waals surface area contributed by atoms with Crippen LogP contribution >= 0.6 is 11.8 Å². The van der Waals surface area contributed by atoms with Crippen LogP contribution in [-0.4, -0.2) is 32.8 Å². The van der Waals surface area contributed by atoms with Crippen molar-refractivity contribution in [3.8, 4) is 0 Å². The SMILES string of the molecule is CC(C)(C)SCC(O)C(=O)O. The molecule has 0 aliphatic rings. The molecule has 0 aromatic carbocycles. The van der Waals surface area contributed by atoms with E-state index in [2.05, 4.69) is 0 Å². The molecule has 0 radical (unpaired) electrons. The molecule has 4 heteroatoms. The van der Waals surface area contributed by atoms with Gasteiger partial charge in [0.25, 0.3) is 0 Å². The number of aliphatic hydroxyl groups is 1. The first-order valence-corrected chi connectivity index (χ1v) is 4.36. The van der Waals surface area contributed by atoms with Gasteiger partial charge < -0.3 is 10.2 Å². The Balaban J connectivity index is 3.63. The van der Waals surface area contributed by atoms with Gasteiger partial charge in [-0.1, -0.05) is 20.8 Å². The molecule has 0 aliphatic carbocycles. The molecule has 3 nitrogen and oxygen atoms in total. The summed E-state index contributed by atoms with van der Waals surface area (Å²) >= 11 is 1.44. The Morgan fingerprint density at radius 1 is 1.55 bits per heavy atom. The van der Waals surface area contributed by atoms with Crippen LogP contribution in [0.5, 0.6) is 0 Å². The molecule has 2 N–H and O–H groups in total. The Bertz CT molecular complexity index is 139. The Morgan fingerprint density at radius 3 is 2.27 bits per heavy atom. The minimum Gasteiger partial charge on any atom is -0.479 e. The number of carboxylic acid groups (broad SMARTS) is 1. The van der Waals surface area contributed by atoms with E-state index in [0.29, 0.717) is 0 Å². The topological polar surface area (TPSA) is 57.5 Å². The van der Waals surface area contributed by atoms with Crippen LogP contribution in [0.2, 0.25) is 0 Å². The van der Waals surface area contributed by atoms with Crippen LogP contribution in [-0.2, 0) is 4.79 Å². The molecule has 0 aromatic heterocycles. The number of carboxylic acids is 1. The lowest BCUT2D eigenvalue weighted by Crippen LogP contribution is -2.24. The van der Waals surface area contributed by atoms with Gasteiger partial charge in [0.15, 0.2) is 6.10 Å². The van der Waals surface area contributed by atoms with Crippen LogP contribution in [0.3, 0.4) is 0 Å². The highest BCUT2D eigenvalue weighted by molar-refractivity contribution is 8.00. The van der Waals surface area contributed by atoms with E-state index >= 15 is 0 Å². The third-order valence-electron chi connectivity index (χ3n) is 0.959. The van der Waals surface area contributed by atoms with Crippen molar-refractivity contribution in [1.82, 2.24) is 0 Å². The Kier molecular flexibility index (Phi) is 3.89. The second-order valence-corrected chi connectivity index (χ2v) is 5.12. The van der Waals surface area contributed by atoms with Gasteiger partial charge in [-0.05, 0) is 0 Å². The molecule has 1 atom stereocenters. The van der Waals surface area contributed by atoms with Gasteiger partial charge in [-0.3, -0.25) is 0 Å². The van der Waals surface area contributed by atoms with E-state index in [1.807, 2.05) is 20.8 Å². The first-order valence-electron chi connectivity index (χ1n) is 3.38. The van der Waals surface area contributed by atoms with Crippen molar-refractivity contribution in [2.75, 3.05) is 5.75 Å². The van der Waals surface area contributed by atoms with E-state index in [1.54, 1.807) is 0 Å². The van der Waals surface area contributed by atoms with Gasteiger partial charge in [-0.25, -0.2) is 4.79 Å². The van der Waals surface area contributed by atoms with E-state index in [0.717, 1.165) is 0 Å². The summed E-state index contributed by atoms with van der Waals surface area (Å²) in [7, 11) is 0. The zero-order valence-corrected chi connectivity index (χ0v) is 7.81. The number of aliphatic carboxylic acids is 1. The quantitative estimate of drug-likeness (QED) is 0.676. The second kappa shape index (κ2) is 3.97. The largest absolute Gasteiger partial charge is 0.479 e. The number of carbonyl (C=O) groups is 1. The Hall–Kier alpha value is -0.220. The summed E-state index contributed by atoms with van der Waals surface area (Å²) in [6, 6.07) is 0.